The minimum absolute atomic E-state index is 0.0827. The van der Waals surface area contributed by atoms with Crippen LogP contribution in [0.25, 0.3) is 0 Å². The van der Waals surface area contributed by atoms with E-state index in [1.54, 1.807) is 6.07 Å². The van der Waals surface area contributed by atoms with Gasteiger partial charge < -0.3 is 10.4 Å². The first kappa shape index (κ1) is 14.5. The van der Waals surface area contributed by atoms with E-state index in [-0.39, 0.29) is 17.4 Å². The molecule has 0 saturated carbocycles. The van der Waals surface area contributed by atoms with E-state index in [2.05, 4.69) is 38.0 Å². The lowest BCUT2D eigenvalue weighted by Gasteiger charge is -2.24. The molecular formula is C14H22N2O2. The third-order valence-corrected chi connectivity index (χ3v) is 3.21. The molecule has 0 aliphatic carbocycles. The summed E-state index contributed by atoms with van der Waals surface area (Å²) in [6, 6.07) is 3.06. The molecule has 0 fully saturated rings. The van der Waals surface area contributed by atoms with E-state index in [9.17, 15) is 9.90 Å². The molecule has 2 N–H and O–H groups in total. The highest BCUT2D eigenvalue weighted by atomic mass is 16.3. The Hall–Kier alpha value is -1.58. The third-order valence-electron chi connectivity index (χ3n) is 3.21. The second-order valence-corrected chi connectivity index (χ2v) is 5.23. The van der Waals surface area contributed by atoms with Crippen LogP contribution in [0.5, 0.6) is 5.75 Å². The molecule has 18 heavy (non-hydrogen) atoms. The molecule has 0 spiro atoms. The summed E-state index contributed by atoms with van der Waals surface area (Å²) in [5.41, 5.74) is 0.0868. The number of carbonyl (C=O) groups is 1. The maximum absolute atomic E-state index is 11.9. The summed E-state index contributed by atoms with van der Waals surface area (Å²) in [7, 11) is 0. The number of hydrogen-bond donors (Lipinski definition) is 2. The van der Waals surface area contributed by atoms with Crippen LogP contribution in [0.1, 0.15) is 38.2 Å². The summed E-state index contributed by atoms with van der Waals surface area (Å²) in [5.74, 6) is 1.02. The highest BCUT2D eigenvalue weighted by molar-refractivity contribution is 5.94. The van der Waals surface area contributed by atoms with Crippen LogP contribution in [-0.4, -0.2) is 22.5 Å². The van der Waals surface area contributed by atoms with Gasteiger partial charge >= 0.3 is 0 Å². The maximum atomic E-state index is 11.9. The van der Waals surface area contributed by atoms with Crippen LogP contribution in [0.2, 0.25) is 0 Å². The van der Waals surface area contributed by atoms with Crippen LogP contribution in [0.4, 0.5) is 0 Å². The van der Waals surface area contributed by atoms with Crippen LogP contribution >= 0.6 is 0 Å². The zero-order valence-electron chi connectivity index (χ0n) is 11.5. The Morgan fingerprint density at radius 2 is 1.94 bits per heavy atom. The quantitative estimate of drug-likeness (QED) is 0.843. The van der Waals surface area contributed by atoms with Gasteiger partial charge in [0.15, 0.2) is 5.69 Å². The van der Waals surface area contributed by atoms with Gasteiger partial charge in [-0.05, 0) is 29.9 Å². The molecule has 0 aliphatic heterocycles. The first-order valence-electron chi connectivity index (χ1n) is 6.35. The largest absolute Gasteiger partial charge is 0.505 e. The van der Waals surface area contributed by atoms with E-state index in [1.807, 2.05) is 0 Å². The van der Waals surface area contributed by atoms with E-state index in [4.69, 9.17) is 0 Å². The predicted octanol–water partition coefficient (Wildman–Crippen LogP) is 2.45. The summed E-state index contributed by atoms with van der Waals surface area (Å²) < 4.78 is 0. The third kappa shape index (κ3) is 3.72. The fourth-order valence-electron chi connectivity index (χ4n) is 2.11. The lowest BCUT2D eigenvalue weighted by molar-refractivity contribution is 0.0929. The molecule has 0 aromatic carbocycles. The van der Waals surface area contributed by atoms with Gasteiger partial charge in [0.2, 0.25) is 0 Å². The Labute approximate surface area is 108 Å². The predicted molar refractivity (Wildman–Crippen MR) is 71.4 cm³/mol. The van der Waals surface area contributed by atoms with E-state index in [0.717, 1.165) is 0 Å². The standard InChI is InChI=1S/C14H22N2O2/c1-9(2)11(10(3)4)8-16-14(18)13-12(17)6-5-7-15-13/h5-7,9-11,17H,8H2,1-4H3,(H,16,18). The molecule has 1 amide bonds. The number of aromatic nitrogens is 1. The van der Waals surface area contributed by atoms with Crippen molar-refractivity contribution in [3.05, 3.63) is 24.0 Å². The SMILES string of the molecule is CC(C)C(CNC(=O)c1ncccc1O)C(C)C. The van der Waals surface area contributed by atoms with Gasteiger partial charge in [0.25, 0.3) is 5.91 Å². The summed E-state index contributed by atoms with van der Waals surface area (Å²) in [5, 5.41) is 12.4. The van der Waals surface area contributed by atoms with Crippen molar-refractivity contribution in [2.24, 2.45) is 17.8 Å². The van der Waals surface area contributed by atoms with Gasteiger partial charge in [-0.3, -0.25) is 4.79 Å². The van der Waals surface area contributed by atoms with Crippen molar-refractivity contribution >= 4 is 5.91 Å². The Balaban J connectivity index is 2.64. The van der Waals surface area contributed by atoms with Crippen molar-refractivity contribution in [2.75, 3.05) is 6.54 Å². The summed E-state index contributed by atoms with van der Waals surface area (Å²) in [6.45, 7) is 9.19. The van der Waals surface area contributed by atoms with Crippen LogP contribution in [0, 0.1) is 17.8 Å². The minimum Gasteiger partial charge on any atom is -0.505 e. The number of aromatic hydroxyl groups is 1. The van der Waals surface area contributed by atoms with Crippen LogP contribution in [0.15, 0.2) is 18.3 Å². The minimum atomic E-state index is -0.320. The van der Waals surface area contributed by atoms with Gasteiger partial charge in [0, 0.05) is 12.7 Å². The molecule has 1 aromatic rings. The molecule has 100 valence electrons. The molecular weight excluding hydrogens is 228 g/mol. The number of nitrogens with zero attached hydrogens (tertiary/aromatic N) is 1. The molecule has 0 radical (unpaired) electrons. The van der Waals surface area contributed by atoms with Gasteiger partial charge in [-0.25, -0.2) is 4.98 Å². The first-order valence-corrected chi connectivity index (χ1v) is 6.35. The number of amides is 1. The van der Waals surface area contributed by atoms with Crippen LogP contribution in [-0.2, 0) is 0 Å². The molecule has 4 nitrogen and oxygen atoms in total. The lowest BCUT2D eigenvalue weighted by atomic mass is 9.85. The molecule has 0 unspecified atom stereocenters. The molecule has 1 heterocycles. The normalized spacial score (nSPS) is 11.3. The fourth-order valence-corrected chi connectivity index (χ4v) is 2.11. The van der Waals surface area contributed by atoms with Crippen molar-refractivity contribution < 1.29 is 9.90 Å². The second-order valence-electron chi connectivity index (χ2n) is 5.23. The van der Waals surface area contributed by atoms with Gasteiger partial charge in [-0.15, -0.1) is 0 Å². The number of carbonyl (C=O) groups excluding carboxylic acids is 1. The molecule has 0 aliphatic rings. The Kier molecular flexibility index (Phi) is 5.13. The van der Waals surface area contributed by atoms with Gasteiger partial charge in [0.05, 0.1) is 0 Å². The van der Waals surface area contributed by atoms with Crippen molar-refractivity contribution in [3.8, 4) is 5.75 Å². The monoisotopic (exact) mass is 250 g/mol. The number of rotatable bonds is 5. The average molecular weight is 250 g/mol. The molecule has 0 bridgehead atoms. The summed E-state index contributed by atoms with van der Waals surface area (Å²) in [6.07, 6.45) is 1.50. The van der Waals surface area contributed by atoms with E-state index >= 15 is 0 Å². The van der Waals surface area contributed by atoms with Gasteiger partial charge in [-0.1, -0.05) is 27.7 Å². The van der Waals surface area contributed by atoms with E-state index < -0.39 is 0 Å². The number of nitrogens with one attached hydrogen (secondary N) is 1. The van der Waals surface area contributed by atoms with E-state index in [0.29, 0.717) is 24.3 Å². The van der Waals surface area contributed by atoms with Crippen molar-refractivity contribution in [1.82, 2.24) is 10.3 Å². The number of pyridine rings is 1. The number of hydrogen-bond acceptors (Lipinski definition) is 3. The molecule has 1 aromatic heterocycles. The van der Waals surface area contributed by atoms with Crippen molar-refractivity contribution in [1.29, 1.82) is 0 Å². The summed E-state index contributed by atoms with van der Waals surface area (Å²) >= 11 is 0. The molecule has 4 heteroatoms. The average Bonchev–Trinajstić information content (AvgIpc) is 2.28. The molecule has 0 saturated heterocycles. The Morgan fingerprint density at radius 3 is 2.44 bits per heavy atom. The zero-order valence-corrected chi connectivity index (χ0v) is 11.5. The summed E-state index contributed by atoms with van der Waals surface area (Å²) in [4.78, 5) is 15.8. The Bertz CT molecular complexity index is 395. The Morgan fingerprint density at radius 1 is 1.33 bits per heavy atom. The van der Waals surface area contributed by atoms with Gasteiger partial charge in [-0.2, -0.15) is 0 Å². The van der Waals surface area contributed by atoms with E-state index in [1.165, 1.54) is 12.3 Å². The van der Waals surface area contributed by atoms with Crippen molar-refractivity contribution in [2.45, 2.75) is 27.7 Å². The molecule has 1 rings (SSSR count). The fraction of sp³-hybridized carbons (Fsp3) is 0.571. The topological polar surface area (TPSA) is 62.2 Å². The highest BCUT2D eigenvalue weighted by Crippen LogP contribution is 2.20. The van der Waals surface area contributed by atoms with Crippen LogP contribution < -0.4 is 5.32 Å². The molecule has 0 atom stereocenters. The lowest BCUT2D eigenvalue weighted by Crippen LogP contribution is -2.34. The van der Waals surface area contributed by atoms with Crippen molar-refractivity contribution in [3.63, 3.8) is 0 Å². The zero-order chi connectivity index (χ0) is 13.7. The highest BCUT2D eigenvalue weighted by Gasteiger charge is 2.19. The maximum Gasteiger partial charge on any atom is 0.273 e. The van der Waals surface area contributed by atoms with Crippen LogP contribution in [0.3, 0.4) is 0 Å². The smallest absolute Gasteiger partial charge is 0.273 e. The van der Waals surface area contributed by atoms with Gasteiger partial charge in [0.1, 0.15) is 5.75 Å². The second kappa shape index (κ2) is 6.38. The first-order chi connectivity index (χ1) is 8.43.